The number of hydrogen-bond donors (Lipinski definition) is 0. The Morgan fingerprint density at radius 1 is 0.875 bits per heavy atom. The van der Waals surface area contributed by atoms with Crippen molar-refractivity contribution in [2.75, 3.05) is 21.3 Å². The molecule has 7 heteroatoms. The van der Waals surface area contributed by atoms with E-state index >= 15 is 0 Å². The number of amides is 2. The molecule has 2 fully saturated rings. The quantitative estimate of drug-likeness (QED) is 0.772. The second kappa shape index (κ2) is 5.50. The SMILES string of the molecule is O=C1N(c2ccccc2)C2CS(=O)(=O)CC2N1c1cccc(Cl)c1. The van der Waals surface area contributed by atoms with E-state index in [4.69, 9.17) is 11.6 Å². The normalized spacial score (nSPS) is 25.1. The molecule has 2 unspecified atom stereocenters. The first-order chi connectivity index (χ1) is 11.5. The van der Waals surface area contributed by atoms with E-state index in [9.17, 15) is 13.2 Å². The van der Waals surface area contributed by atoms with Crippen molar-refractivity contribution in [1.29, 1.82) is 0 Å². The van der Waals surface area contributed by atoms with Gasteiger partial charge in [-0.2, -0.15) is 0 Å². The van der Waals surface area contributed by atoms with E-state index in [1.54, 1.807) is 34.1 Å². The summed E-state index contributed by atoms with van der Waals surface area (Å²) in [5, 5.41) is 0.510. The van der Waals surface area contributed by atoms with Gasteiger partial charge in [-0.05, 0) is 30.3 Å². The molecule has 24 heavy (non-hydrogen) atoms. The molecule has 4 rings (SSSR count). The van der Waals surface area contributed by atoms with E-state index in [-0.39, 0.29) is 23.6 Å². The van der Waals surface area contributed by atoms with Crippen LogP contribution in [0.5, 0.6) is 0 Å². The summed E-state index contributed by atoms with van der Waals surface area (Å²) in [6.07, 6.45) is 0. The number of rotatable bonds is 2. The number of benzene rings is 2. The fourth-order valence-electron chi connectivity index (χ4n) is 3.52. The zero-order valence-corrected chi connectivity index (χ0v) is 14.2. The predicted molar refractivity (Wildman–Crippen MR) is 94.5 cm³/mol. The molecule has 0 saturated carbocycles. The van der Waals surface area contributed by atoms with Crippen molar-refractivity contribution in [2.24, 2.45) is 0 Å². The highest BCUT2D eigenvalue weighted by Gasteiger charge is 2.54. The predicted octanol–water partition coefficient (Wildman–Crippen LogP) is 2.95. The highest BCUT2D eigenvalue weighted by atomic mass is 35.5. The van der Waals surface area contributed by atoms with Crippen LogP contribution in [0.15, 0.2) is 54.6 Å². The Kier molecular flexibility index (Phi) is 3.54. The van der Waals surface area contributed by atoms with Crippen molar-refractivity contribution in [3.63, 3.8) is 0 Å². The third-order valence-corrected chi connectivity index (χ3v) is 6.42. The molecule has 2 aromatic carbocycles. The lowest BCUT2D eigenvalue weighted by Crippen LogP contribution is -2.37. The topological polar surface area (TPSA) is 57.7 Å². The van der Waals surface area contributed by atoms with Crippen LogP contribution in [0.1, 0.15) is 0 Å². The molecule has 124 valence electrons. The first-order valence-corrected chi connectivity index (χ1v) is 9.80. The average molecular weight is 363 g/mol. The standard InChI is InChI=1S/C17H15ClN2O3S/c18-12-5-4-8-14(9-12)20-16-11-24(22,23)10-15(16)19(17(20)21)13-6-2-1-3-7-13/h1-9,15-16H,10-11H2. The van der Waals surface area contributed by atoms with Gasteiger partial charge in [0.1, 0.15) is 0 Å². The number of hydrogen-bond acceptors (Lipinski definition) is 3. The van der Waals surface area contributed by atoms with E-state index in [1.165, 1.54) is 0 Å². The minimum absolute atomic E-state index is 0.0185. The van der Waals surface area contributed by atoms with Crippen molar-refractivity contribution in [1.82, 2.24) is 0 Å². The number of fused-ring (bicyclic) bond motifs is 1. The molecule has 2 saturated heterocycles. The van der Waals surface area contributed by atoms with E-state index in [2.05, 4.69) is 0 Å². The number of nitrogens with zero attached hydrogens (tertiary/aromatic N) is 2. The third-order valence-electron chi connectivity index (χ3n) is 4.49. The first-order valence-electron chi connectivity index (χ1n) is 7.60. The van der Waals surface area contributed by atoms with Gasteiger partial charge in [-0.15, -0.1) is 0 Å². The van der Waals surface area contributed by atoms with Crippen LogP contribution < -0.4 is 9.80 Å². The van der Waals surface area contributed by atoms with Crippen molar-refractivity contribution in [3.05, 3.63) is 59.6 Å². The van der Waals surface area contributed by atoms with Crippen LogP contribution in [-0.2, 0) is 9.84 Å². The molecule has 2 heterocycles. The summed E-state index contributed by atoms with van der Waals surface area (Å²) >= 11 is 6.05. The molecule has 2 aliphatic rings. The number of sulfone groups is 1. The number of urea groups is 1. The van der Waals surface area contributed by atoms with Crippen molar-refractivity contribution in [2.45, 2.75) is 12.1 Å². The monoisotopic (exact) mass is 362 g/mol. The van der Waals surface area contributed by atoms with Gasteiger partial charge in [-0.3, -0.25) is 9.80 Å². The van der Waals surface area contributed by atoms with Crippen LogP contribution in [0.2, 0.25) is 5.02 Å². The van der Waals surface area contributed by atoms with Crippen LogP contribution in [-0.4, -0.2) is 38.0 Å². The van der Waals surface area contributed by atoms with E-state index < -0.39 is 15.9 Å². The second-order valence-electron chi connectivity index (χ2n) is 6.05. The molecule has 0 N–H and O–H groups in total. The summed E-state index contributed by atoms with van der Waals surface area (Å²) in [5.74, 6) is -0.0470. The zero-order chi connectivity index (χ0) is 16.9. The van der Waals surface area contributed by atoms with Crippen LogP contribution >= 0.6 is 11.6 Å². The van der Waals surface area contributed by atoms with Gasteiger partial charge < -0.3 is 0 Å². The second-order valence-corrected chi connectivity index (χ2v) is 8.64. The molecule has 0 spiro atoms. The third kappa shape index (κ3) is 2.46. The minimum atomic E-state index is -3.19. The Morgan fingerprint density at radius 3 is 2.08 bits per heavy atom. The number of carbonyl (C=O) groups excluding carboxylic acids is 1. The largest absolute Gasteiger partial charge is 0.329 e. The van der Waals surface area contributed by atoms with E-state index in [1.807, 2.05) is 30.3 Å². The molecule has 0 aromatic heterocycles. The minimum Gasteiger partial charge on any atom is -0.288 e. The maximum Gasteiger partial charge on any atom is 0.329 e. The molecule has 2 aliphatic heterocycles. The number of halogens is 1. The van der Waals surface area contributed by atoms with Crippen LogP contribution in [0.25, 0.3) is 0 Å². The first kappa shape index (κ1) is 15.5. The number of anilines is 2. The van der Waals surface area contributed by atoms with Gasteiger partial charge in [-0.1, -0.05) is 35.9 Å². The fraction of sp³-hybridized carbons (Fsp3) is 0.235. The molecule has 5 nitrogen and oxygen atoms in total. The summed E-state index contributed by atoms with van der Waals surface area (Å²) in [5.41, 5.74) is 1.33. The molecule has 2 amide bonds. The Labute approximate surface area is 145 Å². The van der Waals surface area contributed by atoms with Gasteiger partial charge in [0.25, 0.3) is 0 Å². The maximum atomic E-state index is 13.1. The van der Waals surface area contributed by atoms with Crippen molar-refractivity contribution >= 4 is 38.8 Å². The van der Waals surface area contributed by atoms with Crippen LogP contribution in [0, 0.1) is 0 Å². The highest BCUT2D eigenvalue weighted by Crippen LogP contribution is 2.38. The molecule has 0 aliphatic carbocycles. The molecule has 2 aromatic rings. The lowest BCUT2D eigenvalue weighted by atomic mass is 10.1. The molecule has 2 atom stereocenters. The van der Waals surface area contributed by atoms with Crippen LogP contribution in [0.4, 0.5) is 16.2 Å². The van der Waals surface area contributed by atoms with E-state index in [0.29, 0.717) is 16.4 Å². The van der Waals surface area contributed by atoms with E-state index in [0.717, 1.165) is 0 Å². The molecule has 0 bridgehead atoms. The average Bonchev–Trinajstić information content (AvgIpc) is 2.96. The zero-order valence-electron chi connectivity index (χ0n) is 12.7. The number of para-hydroxylation sites is 1. The Hall–Kier alpha value is -2.05. The lowest BCUT2D eigenvalue weighted by Gasteiger charge is -2.22. The molecular weight excluding hydrogens is 348 g/mol. The van der Waals surface area contributed by atoms with Gasteiger partial charge in [-0.25, -0.2) is 13.2 Å². The summed E-state index contributed by atoms with van der Waals surface area (Å²) < 4.78 is 24.4. The molecule has 0 radical (unpaired) electrons. The highest BCUT2D eigenvalue weighted by molar-refractivity contribution is 7.91. The van der Waals surface area contributed by atoms with Gasteiger partial charge >= 0.3 is 6.03 Å². The lowest BCUT2D eigenvalue weighted by molar-refractivity contribution is 0.255. The Bertz CT molecular complexity index is 901. The van der Waals surface area contributed by atoms with Crippen molar-refractivity contribution in [3.8, 4) is 0 Å². The smallest absolute Gasteiger partial charge is 0.288 e. The van der Waals surface area contributed by atoms with Crippen molar-refractivity contribution < 1.29 is 13.2 Å². The van der Waals surface area contributed by atoms with Crippen LogP contribution in [0.3, 0.4) is 0 Å². The van der Waals surface area contributed by atoms with Gasteiger partial charge in [0.2, 0.25) is 0 Å². The maximum absolute atomic E-state index is 13.1. The summed E-state index contributed by atoms with van der Waals surface area (Å²) in [7, 11) is -3.19. The summed E-state index contributed by atoms with van der Waals surface area (Å²) in [6.45, 7) is 0. The Balaban J connectivity index is 1.82. The fourth-order valence-corrected chi connectivity index (χ4v) is 5.63. The Morgan fingerprint density at radius 2 is 1.46 bits per heavy atom. The molecular formula is C17H15ClN2O3S. The van der Waals surface area contributed by atoms with Gasteiger partial charge in [0, 0.05) is 16.4 Å². The number of carbonyl (C=O) groups is 1. The van der Waals surface area contributed by atoms with Gasteiger partial charge in [0.05, 0.1) is 23.6 Å². The van der Waals surface area contributed by atoms with Gasteiger partial charge in [0.15, 0.2) is 9.84 Å². The summed E-state index contributed by atoms with van der Waals surface area (Å²) in [6, 6.07) is 15.1. The summed E-state index contributed by atoms with van der Waals surface area (Å²) in [4.78, 5) is 16.2.